The average Bonchev–Trinajstić information content (AvgIpc) is 2.78. The smallest absolute Gasteiger partial charge is 0.367 e. The van der Waals surface area contributed by atoms with E-state index >= 15 is 0 Å². The molecule has 5 nitrogen and oxygen atoms in total. The topological polar surface area (TPSA) is 60.2 Å². The second-order valence-electron chi connectivity index (χ2n) is 4.77. The van der Waals surface area contributed by atoms with Crippen molar-refractivity contribution < 1.29 is 22.4 Å². The van der Waals surface area contributed by atoms with E-state index in [9.17, 15) is 13.2 Å². The van der Waals surface area contributed by atoms with Crippen LogP contribution in [0.2, 0.25) is 0 Å². The molecule has 0 aromatic carbocycles. The number of alkyl halides is 3. The summed E-state index contributed by atoms with van der Waals surface area (Å²) < 4.78 is 46.5. The molecule has 0 aliphatic carbocycles. The van der Waals surface area contributed by atoms with Gasteiger partial charge < -0.3 is 14.6 Å². The third kappa shape index (κ3) is 3.90. The molecule has 1 saturated heterocycles. The van der Waals surface area contributed by atoms with Gasteiger partial charge in [-0.1, -0.05) is 5.16 Å². The van der Waals surface area contributed by atoms with Gasteiger partial charge >= 0.3 is 6.18 Å². The highest BCUT2D eigenvalue weighted by atomic mass is 19.4. The fraction of sp³-hybridized carbons (Fsp3) is 0.818. The normalized spacial score (nSPS) is 24.6. The number of hydrogen-bond donors (Lipinski definition) is 1. The Morgan fingerprint density at radius 3 is 2.79 bits per heavy atom. The lowest BCUT2D eigenvalue weighted by atomic mass is 9.95. The Balaban J connectivity index is 1.91. The third-order valence-electron chi connectivity index (χ3n) is 3.01. The minimum absolute atomic E-state index is 0.109. The highest BCUT2D eigenvalue weighted by Gasteiger charge is 2.35. The van der Waals surface area contributed by atoms with Gasteiger partial charge in [0.15, 0.2) is 0 Å². The summed E-state index contributed by atoms with van der Waals surface area (Å²) in [5.41, 5.74) is -0.593. The van der Waals surface area contributed by atoms with Gasteiger partial charge in [0.2, 0.25) is 11.7 Å². The van der Waals surface area contributed by atoms with Crippen LogP contribution < -0.4 is 5.32 Å². The number of hydrogen-bond acceptors (Lipinski definition) is 5. The zero-order chi connectivity index (χ0) is 13.9. The van der Waals surface area contributed by atoms with Crippen molar-refractivity contribution >= 4 is 0 Å². The second kappa shape index (κ2) is 5.46. The molecule has 1 aromatic heterocycles. The van der Waals surface area contributed by atoms with Crippen LogP contribution in [0.1, 0.15) is 37.9 Å². The zero-order valence-electron chi connectivity index (χ0n) is 10.6. The lowest BCUT2D eigenvalue weighted by molar-refractivity contribution is -0.125. The maximum Gasteiger partial charge on any atom is 0.401 e. The minimum atomic E-state index is -4.25. The lowest BCUT2D eigenvalue weighted by Gasteiger charge is -2.30. The molecule has 0 spiro atoms. The number of halogens is 3. The van der Waals surface area contributed by atoms with E-state index in [1.54, 1.807) is 0 Å². The van der Waals surface area contributed by atoms with E-state index < -0.39 is 18.3 Å². The van der Waals surface area contributed by atoms with Crippen LogP contribution in [0.4, 0.5) is 13.2 Å². The molecule has 2 heterocycles. The van der Waals surface area contributed by atoms with Gasteiger partial charge in [-0.2, -0.15) is 18.2 Å². The molecule has 0 amide bonds. The van der Waals surface area contributed by atoms with Gasteiger partial charge in [0.25, 0.3) is 0 Å². The van der Waals surface area contributed by atoms with Gasteiger partial charge in [0.05, 0.1) is 13.1 Å². The highest BCUT2D eigenvalue weighted by molar-refractivity contribution is 5.00. The van der Waals surface area contributed by atoms with Crippen LogP contribution in [-0.2, 0) is 16.9 Å². The molecule has 0 saturated carbocycles. The predicted molar refractivity (Wildman–Crippen MR) is 59.2 cm³/mol. The first-order chi connectivity index (χ1) is 8.89. The predicted octanol–water partition coefficient (Wildman–Crippen LogP) is 2.14. The second-order valence-corrected chi connectivity index (χ2v) is 4.77. The Morgan fingerprint density at radius 2 is 2.16 bits per heavy atom. The van der Waals surface area contributed by atoms with E-state index in [4.69, 9.17) is 9.26 Å². The van der Waals surface area contributed by atoms with Crippen LogP contribution in [0.5, 0.6) is 0 Å². The largest absolute Gasteiger partial charge is 0.401 e. The first kappa shape index (κ1) is 14.3. The first-order valence-corrected chi connectivity index (χ1v) is 6.14. The maximum absolute atomic E-state index is 12.0. The van der Waals surface area contributed by atoms with Gasteiger partial charge in [-0.3, -0.25) is 0 Å². The molecule has 0 bridgehead atoms. The van der Waals surface area contributed by atoms with Crippen molar-refractivity contribution in [2.45, 2.75) is 44.5 Å². The first-order valence-electron chi connectivity index (χ1n) is 6.14. The Morgan fingerprint density at radius 1 is 1.37 bits per heavy atom. The Kier molecular flexibility index (Phi) is 4.10. The van der Waals surface area contributed by atoms with Crippen LogP contribution >= 0.6 is 0 Å². The zero-order valence-corrected chi connectivity index (χ0v) is 10.6. The van der Waals surface area contributed by atoms with Crippen molar-refractivity contribution in [1.82, 2.24) is 15.5 Å². The molecule has 8 heteroatoms. The van der Waals surface area contributed by atoms with Crippen LogP contribution in [0.25, 0.3) is 0 Å². The Bertz CT molecular complexity index is 414. The summed E-state index contributed by atoms with van der Waals surface area (Å²) in [6.07, 6.45) is -1.47. The molecule has 1 atom stereocenters. The summed E-state index contributed by atoms with van der Waals surface area (Å²) >= 11 is 0. The molecular formula is C11H16F3N3O2. The summed E-state index contributed by atoms with van der Waals surface area (Å²) in [7, 11) is 0. The van der Waals surface area contributed by atoms with Crippen molar-refractivity contribution in [1.29, 1.82) is 0 Å². The van der Waals surface area contributed by atoms with Gasteiger partial charge in [0.1, 0.15) is 5.60 Å². The van der Waals surface area contributed by atoms with Crippen molar-refractivity contribution in [2.75, 3.05) is 13.2 Å². The molecule has 1 aliphatic rings. The van der Waals surface area contributed by atoms with Crippen LogP contribution in [-0.4, -0.2) is 29.5 Å². The fourth-order valence-electron chi connectivity index (χ4n) is 1.96. The van der Waals surface area contributed by atoms with Crippen LogP contribution in [0.15, 0.2) is 4.52 Å². The molecule has 1 aromatic rings. The molecule has 0 radical (unpaired) electrons. The van der Waals surface area contributed by atoms with Crippen molar-refractivity contribution in [3.63, 3.8) is 0 Å². The Labute approximate surface area is 108 Å². The molecule has 1 unspecified atom stereocenters. The van der Waals surface area contributed by atoms with Crippen LogP contribution in [0, 0.1) is 0 Å². The van der Waals surface area contributed by atoms with Gasteiger partial charge in [-0.15, -0.1) is 0 Å². The summed E-state index contributed by atoms with van der Waals surface area (Å²) in [6.45, 7) is 1.30. The molecule has 108 valence electrons. The summed E-state index contributed by atoms with van der Waals surface area (Å²) in [5, 5.41) is 6.00. The molecule has 1 aliphatic heterocycles. The van der Waals surface area contributed by atoms with Gasteiger partial charge in [-0.05, 0) is 26.2 Å². The number of ether oxygens (including phenoxy) is 1. The van der Waals surface area contributed by atoms with E-state index in [2.05, 4.69) is 15.5 Å². The van der Waals surface area contributed by atoms with Gasteiger partial charge in [-0.25, -0.2) is 0 Å². The highest BCUT2D eigenvalue weighted by Crippen LogP contribution is 2.32. The van der Waals surface area contributed by atoms with Crippen molar-refractivity contribution in [3.8, 4) is 0 Å². The number of rotatable bonds is 4. The molecular weight excluding hydrogens is 263 g/mol. The third-order valence-corrected chi connectivity index (χ3v) is 3.01. The van der Waals surface area contributed by atoms with Gasteiger partial charge in [0, 0.05) is 6.61 Å². The summed E-state index contributed by atoms with van der Waals surface area (Å²) in [6, 6.07) is 0. The number of nitrogens with zero attached hydrogens (tertiary/aromatic N) is 2. The minimum Gasteiger partial charge on any atom is -0.367 e. The van der Waals surface area contributed by atoms with E-state index in [1.165, 1.54) is 0 Å². The number of aromatic nitrogens is 2. The molecule has 1 N–H and O–H groups in total. The average molecular weight is 279 g/mol. The fourth-order valence-corrected chi connectivity index (χ4v) is 1.96. The molecule has 19 heavy (non-hydrogen) atoms. The monoisotopic (exact) mass is 279 g/mol. The number of nitrogens with one attached hydrogen (secondary N) is 1. The molecule has 1 fully saturated rings. The SMILES string of the molecule is CC1(c2noc(CNCC(F)(F)F)n2)CCCCO1. The maximum atomic E-state index is 12.0. The Hall–Kier alpha value is -1.15. The quantitative estimate of drug-likeness (QED) is 0.915. The standard InChI is InChI=1S/C11H16F3N3O2/c1-10(4-2-3-5-18-10)9-16-8(19-17-9)6-15-7-11(12,13)14/h15H,2-7H2,1H3. The van der Waals surface area contributed by atoms with E-state index in [0.717, 1.165) is 19.3 Å². The van der Waals surface area contributed by atoms with E-state index in [1.807, 2.05) is 6.92 Å². The van der Waals surface area contributed by atoms with Crippen molar-refractivity contribution in [2.24, 2.45) is 0 Å². The summed E-state index contributed by atoms with van der Waals surface area (Å²) in [5.74, 6) is 0.533. The van der Waals surface area contributed by atoms with E-state index in [0.29, 0.717) is 12.4 Å². The molecule has 2 rings (SSSR count). The van der Waals surface area contributed by atoms with Crippen molar-refractivity contribution in [3.05, 3.63) is 11.7 Å². The van der Waals surface area contributed by atoms with Crippen LogP contribution in [0.3, 0.4) is 0 Å². The van der Waals surface area contributed by atoms with E-state index in [-0.39, 0.29) is 12.4 Å². The summed E-state index contributed by atoms with van der Waals surface area (Å²) in [4.78, 5) is 4.09. The lowest BCUT2D eigenvalue weighted by Crippen LogP contribution is -2.31.